The fraction of sp³-hybridized carbons (Fsp3) is 0.250. The molecule has 0 atom stereocenters. The smallest absolute Gasteiger partial charge is 0.162 e. The van der Waals surface area contributed by atoms with Crippen molar-refractivity contribution in [1.29, 1.82) is 0 Å². The quantitative estimate of drug-likeness (QED) is 0.268. The highest BCUT2D eigenvalue weighted by molar-refractivity contribution is 5.81. The third-order valence-corrected chi connectivity index (χ3v) is 2.12. The van der Waals surface area contributed by atoms with E-state index >= 15 is 0 Å². The minimum absolute atomic E-state index is 0.0448. The lowest BCUT2D eigenvalue weighted by Gasteiger charge is -2.09. The van der Waals surface area contributed by atoms with E-state index in [9.17, 15) is 4.79 Å². The molecular weight excluding hydrogens is 234 g/mol. The Morgan fingerprint density at radius 3 is 2.61 bits per heavy atom. The van der Waals surface area contributed by atoms with Gasteiger partial charge in [-0.2, -0.15) is 0 Å². The molecule has 0 fully saturated rings. The third kappa shape index (κ3) is 3.17. The van der Waals surface area contributed by atoms with Gasteiger partial charge in [0.1, 0.15) is 0 Å². The van der Waals surface area contributed by atoms with Gasteiger partial charge in [0.2, 0.25) is 0 Å². The van der Waals surface area contributed by atoms with Gasteiger partial charge in [0.25, 0.3) is 0 Å². The molecule has 0 aromatic heterocycles. The van der Waals surface area contributed by atoms with Gasteiger partial charge in [0.05, 0.1) is 20.8 Å². The summed E-state index contributed by atoms with van der Waals surface area (Å²) in [6, 6.07) is 3.15. The Morgan fingerprint density at radius 1 is 1.39 bits per heavy atom. The molecular formula is C12H11N3O3. The van der Waals surface area contributed by atoms with E-state index in [4.69, 9.17) is 15.0 Å². The van der Waals surface area contributed by atoms with Crippen LogP contribution in [0.15, 0.2) is 17.2 Å². The van der Waals surface area contributed by atoms with Crippen LogP contribution in [-0.2, 0) is 0 Å². The monoisotopic (exact) mass is 245 g/mol. The molecule has 0 N–H and O–H groups in total. The number of hydrogen-bond acceptors (Lipinski definition) is 4. The van der Waals surface area contributed by atoms with Gasteiger partial charge < -0.3 is 9.47 Å². The van der Waals surface area contributed by atoms with Gasteiger partial charge in [-0.1, -0.05) is 17.0 Å². The molecule has 1 rings (SSSR count). The Morgan fingerprint density at radius 2 is 2.06 bits per heavy atom. The number of aldehydes is 1. The first-order valence-electron chi connectivity index (χ1n) is 4.97. The number of nitrogens with zero attached hydrogens (tertiary/aromatic N) is 3. The van der Waals surface area contributed by atoms with Crippen LogP contribution >= 0.6 is 0 Å². The van der Waals surface area contributed by atoms with Crippen LogP contribution in [-0.4, -0.2) is 27.1 Å². The summed E-state index contributed by atoms with van der Waals surface area (Å²) in [4.78, 5) is 13.5. The molecule has 0 spiro atoms. The summed E-state index contributed by atoms with van der Waals surface area (Å²) in [5.41, 5.74) is 9.00. The van der Waals surface area contributed by atoms with Crippen molar-refractivity contribution in [3.8, 4) is 23.3 Å². The third-order valence-electron chi connectivity index (χ3n) is 2.12. The van der Waals surface area contributed by atoms with Crippen LogP contribution in [0.5, 0.6) is 11.5 Å². The lowest BCUT2D eigenvalue weighted by atomic mass is 10.1. The highest BCUT2D eigenvalue weighted by Crippen LogP contribution is 2.29. The van der Waals surface area contributed by atoms with Crippen LogP contribution in [0.1, 0.15) is 15.9 Å². The van der Waals surface area contributed by atoms with E-state index in [1.165, 1.54) is 14.2 Å². The van der Waals surface area contributed by atoms with Crippen LogP contribution < -0.4 is 9.47 Å². The van der Waals surface area contributed by atoms with E-state index in [0.717, 1.165) is 0 Å². The number of azide groups is 1. The molecule has 92 valence electrons. The average molecular weight is 245 g/mol. The Balaban J connectivity index is 3.19. The normalized spacial score (nSPS) is 8.56. The Kier molecular flexibility index (Phi) is 5.10. The molecule has 6 heteroatoms. The van der Waals surface area contributed by atoms with Crippen molar-refractivity contribution in [2.45, 2.75) is 0 Å². The van der Waals surface area contributed by atoms with E-state index in [0.29, 0.717) is 28.9 Å². The van der Waals surface area contributed by atoms with E-state index in [2.05, 4.69) is 21.9 Å². The van der Waals surface area contributed by atoms with E-state index < -0.39 is 0 Å². The van der Waals surface area contributed by atoms with Crippen LogP contribution in [0.4, 0.5) is 0 Å². The predicted octanol–water partition coefficient (Wildman–Crippen LogP) is 2.18. The summed E-state index contributed by atoms with van der Waals surface area (Å²) in [6.07, 6.45) is 0.680. The van der Waals surface area contributed by atoms with Gasteiger partial charge in [-0.15, -0.1) is 0 Å². The van der Waals surface area contributed by atoms with Crippen molar-refractivity contribution < 1.29 is 14.3 Å². The molecule has 0 unspecified atom stereocenters. The molecule has 0 radical (unpaired) electrons. The molecule has 0 saturated heterocycles. The van der Waals surface area contributed by atoms with Gasteiger partial charge in [-0.3, -0.25) is 4.79 Å². The van der Waals surface area contributed by atoms with Crippen molar-refractivity contribution >= 4 is 6.29 Å². The SMILES string of the molecule is COc1cc(C#CCN=[N+]=[N-])c(C=O)cc1OC. The number of carbonyl (C=O) groups is 1. The van der Waals surface area contributed by atoms with Gasteiger partial charge >= 0.3 is 0 Å². The molecule has 18 heavy (non-hydrogen) atoms. The maximum atomic E-state index is 10.9. The van der Waals surface area contributed by atoms with E-state index in [1.54, 1.807) is 12.1 Å². The molecule has 0 amide bonds. The zero-order valence-corrected chi connectivity index (χ0v) is 10.0. The number of ether oxygens (including phenoxy) is 2. The summed E-state index contributed by atoms with van der Waals surface area (Å²) >= 11 is 0. The van der Waals surface area contributed by atoms with Crippen LogP contribution in [0.2, 0.25) is 0 Å². The second kappa shape index (κ2) is 6.84. The number of rotatable bonds is 4. The van der Waals surface area contributed by atoms with Gasteiger partial charge in [0.15, 0.2) is 17.8 Å². The molecule has 0 aliphatic heterocycles. The first-order valence-corrected chi connectivity index (χ1v) is 4.97. The van der Waals surface area contributed by atoms with Crippen molar-refractivity contribution in [1.82, 2.24) is 0 Å². The molecule has 0 bridgehead atoms. The largest absolute Gasteiger partial charge is 0.493 e. The van der Waals surface area contributed by atoms with Crippen molar-refractivity contribution in [2.24, 2.45) is 5.11 Å². The summed E-state index contributed by atoms with van der Waals surface area (Å²) in [6.45, 7) is 0.0448. The molecule has 0 aliphatic rings. The van der Waals surface area contributed by atoms with Gasteiger partial charge in [0, 0.05) is 22.1 Å². The Hall–Kier alpha value is -2.64. The molecule has 6 nitrogen and oxygen atoms in total. The lowest BCUT2D eigenvalue weighted by molar-refractivity contribution is 0.112. The molecule has 0 heterocycles. The van der Waals surface area contributed by atoms with Crippen molar-refractivity contribution in [3.05, 3.63) is 33.7 Å². The Bertz CT molecular complexity index is 552. The number of hydrogen-bond donors (Lipinski definition) is 0. The Labute approximate surface area is 104 Å². The number of benzene rings is 1. The summed E-state index contributed by atoms with van der Waals surface area (Å²) in [5.74, 6) is 6.32. The molecule has 1 aromatic carbocycles. The zero-order valence-electron chi connectivity index (χ0n) is 10.0. The van der Waals surface area contributed by atoms with Gasteiger partial charge in [-0.05, 0) is 11.6 Å². The maximum Gasteiger partial charge on any atom is 0.162 e. The summed E-state index contributed by atoms with van der Waals surface area (Å²) < 4.78 is 10.2. The van der Waals surface area contributed by atoms with Crippen LogP contribution in [0.3, 0.4) is 0 Å². The second-order valence-electron chi connectivity index (χ2n) is 3.10. The van der Waals surface area contributed by atoms with E-state index in [-0.39, 0.29) is 6.54 Å². The van der Waals surface area contributed by atoms with Gasteiger partial charge in [-0.25, -0.2) is 0 Å². The zero-order chi connectivity index (χ0) is 13.4. The molecule has 0 saturated carbocycles. The highest BCUT2D eigenvalue weighted by Gasteiger charge is 2.08. The maximum absolute atomic E-state index is 10.9. The van der Waals surface area contributed by atoms with Crippen LogP contribution in [0.25, 0.3) is 10.4 Å². The van der Waals surface area contributed by atoms with Crippen LogP contribution in [0, 0.1) is 11.8 Å². The minimum atomic E-state index is 0.0448. The summed E-state index contributed by atoms with van der Waals surface area (Å²) in [7, 11) is 2.98. The van der Waals surface area contributed by atoms with Crippen molar-refractivity contribution in [2.75, 3.05) is 20.8 Å². The lowest BCUT2D eigenvalue weighted by Crippen LogP contribution is -1.95. The average Bonchev–Trinajstić information content (AvgIpc) is 2.42. The predicted molar refractivity (Wildman–Crippen MR) is 65.8 cm³/mol. The number of methoxy groups -OCH3 is 2. The minimum Gasteiger partial charge on any atom is -0.493 e. The first-order chi connectivity index (χ1) is 8.76. The van der Waals surface area contributed by atoms with E-state index in [1.807, 2.05) is 0 Å². The fourth-order valence-electron chi connectivity index (χ4n) is 1.30. The second-order valence-corrected chi connectivity index (χ2v) is 3.10. The fourth-order valence-corrected chi connectivity index (χ4v) is 1.30. The first kappa shape index (κ1) is 13.4. The van der Waals surface area contributed by atoms with Crippen molar-refractivity contribution in [3.63, 3.8) is 0 Å². The topological polar surface area (TPSA) is 84.3 Å². The highest BCUT2D eigenvalue weighted by atomic mass is 16.5. The molecule has 1 aromatic rings. The number of carbonyl (C=O) groups excluding carboxylic acids is 1. The molecule has 0 aliphatic carbocycles. The standard InChI is InChI=1S/C12H11N3O3/c1-17-11-6-9(4-3-5-14-15-13)10(8-16)7-12(11)18-2/h6-8H,5H2,1-2H3. The summed E-state index contributed by atoms with van der Waals surface area (Å²) in [5, 5.41) is 3.28.